The van der Waals surface area contributed by atoms with Crippen LogP contribution in [-0.2, 0) is 14.4 Å². The van der Waals surface area contributed by atoms with Crippen LogP contribution in [0, 0.1) is 11.3 Å². The van der Waals surface area contributed by atoms with Gasteiger partial charge in [0.1, 0.15) is 0 Å². The van der Waals surface area contributed by atoms with Gasteiger partial charge in [0, 0.05) is 25.4 Å². The van der Waals surface area contributed by atoms with E-state index in [-0.39, 0.29) is 30.1 Å². The maximum atomic E-state index is 11.8. The van der Waals surface area contributed by atoms with E-state index in [4.69, 9.17) is 0 Å². The molecule has 0 aromatic carbocycles. The SMILES string of the molecule is CC(C)C(=O)N1CCC2(CC(=O)NC2=O)C1. The number of hydrogen-bond donors (Lipinski definition) is 1. The maximum Gasteiger partial charge on any atom is 0.235 e. The van der Waals surface area contributed by atoms with E-state index in [1.54, 1.807) is 4.90 Å². The van der Waals surface area contributed by atoms with Gasteiger partial charge in [0.2, 0.25) is 17.7 Å². The summed E-state index contributed by atoms with van der Waals surface area (Å²) in [6.45, 7) is 4.65. The Bertz CT molecular complexity index is 364. The van der Waals surface area contributed by atoms with Crippen molar-refractivity contribution in [3.8, 4) is 0 Å². The first-order chi connectivity index (χ1) is 7.44. The smallest absolute Gasteiger partial charge is 0.235 e. The fraction of sp³-hybridized carbons (Fsp3) is 0.727. The van der Waals surface area contributed by atoms with E-state index in [9.17, 15) is 14.4 Å². The fourth-order valence-corrected chi connectivity index (χ4v) is 2.45. The summed E-state index contributed by atoms with van der Waals surface area (Å²) in [6.07, 6.45) is 0.830. The lowest BCUT2D eigenvalue weighted by molar-refractivity contribution is -0.134. The quantitative estimate of drug-likeness (QED) is 0.633. The average Bonchev–Trinajstić information content (AvgIpc) is 2.72. The minimum Gasteiger partial charge on any atom is -0.341 e. The zero-order valence-corrected chi connectivity index (χ0v) is 9.58. The number of rotatable bonds is 1. The van der Waals surface area contributed by atoms with Crippen molar-refractivity contribution >= 4 is 17.7 Å². The molecule has 2 fully saturated rings. The minimum atomic E-state index is -0.637. The third-order valence-corrected chi connectivity index (χ3v) is 3.39. The molecule has 16 heavy (non-hydrogen) atoms. The molecule has 1 unspecified atom stereocenters. The zero-order valence-electron chi connectivity index (χ0n) is 9.58. The second-order valence-corrected chi connectivity index (χ2v) is 5.00. The van der Waals surface area contributed by atoms with Gasteiger partial charge in [0.25, 0.3) is 0 Å². The summed E-state index contributed by atoms with van der Waals surface area (Å²) < 4.78 is 0. The van der Waals surface area contributed by atoms with Crippen molar-refractivity contribution in [3.05, 3.63) is 0 Å². The highest BCUT2D eigenvalue weighted by Gasteiger charge is 2.51. The van der Waals surface area contributed by atoms with Crippen LogP contribution >= 0.6 is 0 Å². The lowest BCUT2D eigenvalue weighted by Crippen LogP contribution is -2.38. The molecule has 2 saturated heterocycles. The van der Waals surface area contributed by atoms with Crippen LogP contribution in [0.5, 0.6) is 0 Å². The van der Waals surface area contributed by atoms with E-state index in [0.29, 0.717) is 19.5 Å². The Balaban J connectivity index is 2.11. The molecule has 5 nitrogen and oxygen atoms in total. The highest BCUT2D eigenvalue weighted by Crippen LogP contribution is 2.37. The lowest BCUT2D eigenvalue weighted by Gasteiger charge is -2.21. The highest BCUT2D eigenvalue weighted by atomic mass is 16.2. The van der Waals surface area contributed by atoms with Gasteiger partial charge in [-0.3, -0.25) is 19.7 Å². The molecule has 0 aliphatic carbocycles. The van der Waals surface area contributed by atoms with Crippen molar-refractivity contribution < 1.29 is 14.4 Å². The summed E-state index contributed by atoms with van der Waals surface area (Å²) in [5.41, 5.74) is -0.637. The topological polar surface area (TPSA) is 66.5 Å². The Morgan fingerprint density at radius 1 is 1.44 bits per heavy atom. The first kappa shape index (κ1) is 11.1. The van der Waals surface area contributed by atoms with Crippen LogP contribution < -0.4 is 5.32 Å². The Morgan fingerprint density at radius 3 is 2.62 bits per heavy atom. The van der Waals surface area contributed by atoms with E-state index in [1.807, 2.05) is 13.8 Å². The minimum absolute atomic E-state index is 0.0593. The van der Waals surface area contributed by atoms with Gasteiger partial charge in [-0.05, 0) is 6.42 Å². The molecular formula is C11H16N2O3. The number of likely N-dealkylation sites (tertiary alicyclic amines) is 1. The number of carbonyl (C=O) groups is 3. The third kappa shape index (κ3) is 1.60. The van der Waals surface area contributed by atoms with Crippen molar-refractivity contribution in [2.75, 3.05) is 13.1 Å². The van der Waals surface area contributed by atoms with E-state index in [0.717, 1.165) is 0 Å². The Hall–Kier alpha value is -1.39. The van der Waals surface area contributed by atoms with Gasteiger partial charge in [-0.25, -0.2) is 0 Å². The summed E-state index contributed by atoms with van der Waals surface area (Å²) in [6, 6.07) is 0. The molecule has 2 aliphatic rings. The molecule has 3 amide bonds. The summed E-state index contributed by atoms with van der Waals surface area (Å²) in [5, 5.41) is 2.32. The lowest BCUT2D eigenvalue weighted by atomic mass is 9.85. The third-order valence-electron chi connectivity index (χ3n) is 3.39. The first-order valence-corrected chi connectivity index (χ1v) is 5.58. The molecule has 0 bridgehead atoms. The van der Waals surface area contributed by atoms with Crippen LogP contribution in [0.3, 0.4) is 0 Å². The van der Waals surface area contributed by atoms with Crippen LogP contribution in [-0.4, -0.2) is 35.7 Å². The van der Waals surface area contributed by atoms with Crippen LogP contribution in [0.2, 0.25) is 0 Å². The summed E-state index contributed by atoms with van der Waals surface area (Å²) in [7, 11) is 0. The van der Waals surface area contributed by atoms with Crippen molar-refractivity contribution in [1.29, 1.82) is 0 Å². The maximum absolute atomic E-state index is 11.8. The second-order valence-electron chi connectivity index (χ2n) is 5.00. The Kier molecular flexibility index (Phi) is 2.48. The van der Waals surface area contributed by atoms with E-state index >= 15 is 0 Å². The van der Waals surface area contributed by atoms with Crippen LogP contribution in [0.25, 0.3) is 0 Å². The van der Waals surface area contributed by atoms with Gasteiger partial charge < -0.3 is 4.90 Å². The van der Waals surface area contributed by atoms with Crippen molar-refractivity contribution in [2.24, 2.45) is 11.3 Å². The normalized spacial score (nSPS) is 29.3. The Labute approximate surface area is 94.2 Å². The molecule has 2 aliphatic heterocycles. The molecule has 1 N–H and O–H groups in total. The van der Waals surface area contributed by atoms with E-state index < -0.39 is 5.41 Å². The first-order valence-electron chi connectivity index (χ1n) is 5.58. The van der Waals surface area contributed by atoms with Gasteiger partial charge in [0.15, 0.2) is 0 Å². The predicted octanol–water partition coefficient (Wildman–Crippen LogP) is -0.0924. The molecule has 0 saturated carbocycles. The number of hydrogen-bond acceptors (Lipinski definition) is 3. The second kappa shape index (κ2) is 3.57. The Morgan fingerprint density at radius 2 is 2.12 bits per heavy atom. The number of imide groups is 1. The van der Waals surface area contributed by atoms with Gasteiger partial charge in [-0.1, -0.05) is 13.8 Å². The fourth-order valence-electron chi connectivity index (χ4n) is 2.45. The van der Waals surface area contributed by atoms with Gasteiger partial charge in [-0.2, -0.15) is 0 Å². The van der Waals surface area contributed by atoms with E-state index in [1.165, 1.54) is 0 Å². The van der Waals surface area contributed by atoms with E-state index in [2.05, 4.69) is 5.32 Å². The van der Waals surface area contributed by atoms with Gasteiger partial charge >= 0.3 is 0 Å². The molecule has 88 valence electrons. The zero-order chi connectivity index (χ0) is 11.9. The molecular weight excluding hydrogens is 208 g/mol. The van der Waals surface area contributed by atoms with Crippen LogP contribution in [0.4, 0.5) is 0 Å². The molecule has 2 heterocycles. The number of carbonyl (C=O) groups excluding carboxylic acids is 3. The summed E-state index contributed by atoms with van der Waals surface area (Å²) >= 11 is 0. The molecule has 0 aromatic heterocycles. The molecule has 0 radical (unpaired) electrons. The molecule has 0 aromatic rings. The number of nitrogens with one attached hydrogen (secondary N) is 1. The largest absolute Gasteiger partial charge is 0.341 e. The van der Waals surface area contributed by atoms with Crippen LogP contribution in [0.1, 0.15) is 26.7 Å². The van der Waals surface area contributed by atoms with Crippen LogP contribution in [0.15, 0.2) is 0 Å². The number of amides is 3. The van der Waals surface area contributed by atoms with Gasteiger partial charge in [-0.15, -0.1) is 0 Å². The highest BCUT2D eigenvalue weighted by molar-refractivity contribution is 6.06. The molecule has 2 rings (SSSR count). The molecule has 1 spiro atoms. The molecule has 1 atom stereocenters. The standard InChI is InChI=1S/C11H16N2O3/c1-7(2)9(15)13-4-3-11(6-13)5-8(14)12-10(11)16/h7H,3-6H2,1-2H3,(H,12,14,16). The summed E-state index contributed by atoms with van der Waals surface area (Å²) in [4.78, 5) is 36.3. The average molecular weight is 224 g/mol. The monoisotopic (exact) mass is 224 g/mol. The number of nitrogens with zero attached hydrogens (tertiary/aromatic N) is 1. The van der Waals surface area contributed by atoms with Crippen molar-refractivity contribution in [3.63, 3.8) is 0 Å². The van der Waals surface area contributed by atoms with Crippen molar-refractivity contribution in [1.82, 2.24) is 10.2 Å². The predicted molar refractivity (Wildman–Crippen MR) is 56.2 cm³/mol. The van der Waals surface area contributed by atoms with Gasteiger partial charge in [0.05, 0.1) is 5.41 Å². The molecule has 5 heteroatoms. The summed E-state index contributed by atoms with van der Waals surface area (Å²) in [5.74, 6) is -0.431. The van der Waals surface area contributed by atoms with Crippen molar-refractivity contribution in [2.45, 2.75) is 26.7 Å².